The van der Waals surface area contributed by atoms with Crippen LogP contribution < -0.4 is 4.90 Å². The molecule has 0 aliphatic heterocycles. The van der Waals surface area contributed by atoms with Gasteiger partial charge in [0.1, 0.15) is 0 Å². The monoisotopic (exact) mass is 305 g/mol. The van der Waals surface area contributed by atoms with E-state index in [0.717, 1.165) is 49.8 Å². The smallest absolute Gasteiger partial charge is 0.303 e. The summed E-state index contributed by atoms with van der Waals surface area (Å²) in [7, 11) is 1.83. The predicted molar refractivity (Wildman–Crippen MR) is 89.2 cm³/mol. The molecule has 1 amide bonds. The van der Waals surface area contributed by atoms with Crippen molar-refractivity contribution in [3.05, 3.63) is 29.8 Å². The molecule has 0 bridgehead atoms. The maximum atomic E-state index is 12.2. The summed E-state index contributed by atoms with van der Waals surface area (Å²) in [6, 6.07) is 7.90. The van der Waals surface area contributed by atoms with Gasteiger partial charge < -0.3 is 10.0 Å². The first kappa shape index (κ1) is 18.2. The van der Waals surface area contributed by atoms with Crippen LogP contribution in [0.2, 0.25) is 0 Å². The number of aliphatic carboxylic acids is 1. The fourth-order valence-electron chi connectivity index (χ4n) is 2.50. The molecule has 4 nitrogen and oxygen atoms in total. The van der Waals surface area contributed by atoms with Crippen molar-refractivity contribution in [2.24, 2.45) is 0 Å². The topological polar surface area (TPSA) is 57.6 Å². The van der Waals surface area contributed by atoms with Gasteiger partial charge in [-0.3, -0.25) is 9.59 Å². The molecule has 1 aromatic carbocycles. The lowest BCUT2D eigenvalue weighted by Gasteiger charge is -2.19. The Hall–Kier alpha value is -1.84. The van der Waals surface area contributed by atoms with Crippen molar-refractivity contribution < 1.29 is 14.7 Å². The van der Waals surface area contributed by atoms with Crippen molar-refractivity contribution in [2.75, 3.05) is 11.9 Å². The van der Waals surface area contributed by atoms with Crippen molar-refractivity contribution in [1.29, 1.82) is 0 Å². The molecule has 0 aliphatic rings. The third kappa shape index (κ3) is 6.74. The van der Waals surface area contributed by atoms with E-state index in [1.165, 1.54) is 0 Å². The highest BCUT2D eigenvalue weighted by atomic mass is 16.4. The molecule has 0 aliphatic carbocycles. The molecule has 0 saturated heterocycles. The largest absolute Gasteiger partial charge is 0.481 e. The number of rotatable bonds is 10. The van der Waals surface area contributed by atoms with Crippen LogP contribution in [0.3, 0.4) is 0 Å². The summed E-state index contributed by atoms with van der Waals surface area (Å²) in [6.07, 6.45) is 6.60. The summed E-state index contributed by atoms with van der Waals surface area (Å²) in [5, 5.41) is 8.54. The first-order chi connectivity index (χ1) is 10.5. The normalized spacial score (nSPS) is 10.5. The van der Waals surface area contributed by atoms with Crippen LogP contribution in [0.5, 0.6) is 0 Å². The van der Waals surface area contributed by atoms with Crippen LogP contribution in [0.1, 0.15) is 56.9 Å². The number of benzene rings is 1. The second-order valence-corrected chi connectivity index (χ2v) is 5.75. The Kier molecular flexibility index (Phi) is 8.26. The van der Waals surface area contributed by atoms with Gasteiger partial charge in [-0.2, -0.15) is 0 Å². The second kappa shape index (κ2) is 9.98. The molecule has 0 heterocycles. The first-order valence-corrected chi connectivity index (χ1v) is 8.06. The Bertz CT molecular complexity index is 485. The third-order valence-electron chi connectivity index (χ3n) is 3.88. The molecule has 1 N–H and O–H groups in total. The highest BCUT2D eigenvalue weighted by Gasteiger charge is 2.11. The average molecular weight is 305 g/mol. The van der Waals surface area contributed by atoms with Crippen LogP contribution in [0.15, 0.2) is 24.3 Å². The molecular weight excluding hydrogens is 278 g/mol. The molecule has 0 saturated carbocycles. The minimum absolute atomic E-state index is 0.153. The first-order valence-electron chi connectivity index (χ1n) is 8.06. The van der Waals surface area contributed by atoms with Gasteiger partial charge >= 0.3 is 5.97 Å². The van der Waals surface area contributed by atoms with Gasteiger partial charge in [0, 0.05) is 25.6 Å². The van der Waals surface area contributed by atoms with E-state index in [1.54, 1.807) is 4.90 Å². The minimum Gasteiger partial charge on any atom is -0.481 e. The van der Waals surface area contributed by atoms with E-state index in [2.05, 4.69) is 0 Å². The van der Waals surface area contributed by atoms with E-state index in [9.17, 15) is 9.59 Å². The number of carboxylic acids is 1. The summed E-state index contributed by atoms with van der Waals surface area (Å²) < 4.78 is 0. The number of amides is 1. The molecule has 0 unspecified atom stereocenters. The Labute approximate surface area is 133 Å². The second-order valence-electron chi connectivity index (χ2n) is 5.75. The minimum atomic E-state index is -0.718. The lowest BCUT2D eigenvalue weighted by atomic mass is 10.1. The highest BCUT2D eigenvalue weighted by Crippen LogP contribution is 2.19. The van der Waals surface area contributed by atoms with Gasteiger partial charge in [-0.15, -0.1) is 0 Å². The van der Waals surface area contributed by atoms with Crippen molar-refractivity contribution >= 4 is 17.6 Å². The van der Waals surface area contributed by atoms with Gasteiger partial charge in [0.2, 0.25) is 5.91 Å². The number of carboxylic acid groups (broad SMARTS) is 1. The van der Waals surface area contributed by atoms with E-state index >= 15 is 0 Å². The zero-order chi connectivity index (χ0) is 16.4. The SMILES string of the molecule is Cc1ccccc1N(C)C(=O)CCCCCCCCC(=O)O. The van der Waals surface area contributed by atoms with Gasteiger partial charge in [-0.05, 0) is 31.4 Å². The molecule has 1 rings (SSSR count). The van der Waals surface area contributed by atoms with Crippen molar-refractivity contribution in [2.45, 2.75) is 58.3 Å². The van der Waals surface area contributed by atoms with Gasteiger partial charge in [-0.1, -0.05) is 43.9 Å². The molecule has 0 fully saturated rings. The van der Waals surface area contributed by atoms with Crippen LogP contribution >= 0.6 is 0 Å². The van der Waals surface area contributed by atoms with Crippen molar-refractivity contribution in [3.63, 3.8) is 0 Å². The van der Waals surface area contributed by atoms with E-state index in [0.29, 0.717) is 6.42 Å². The van der Waals surface area contributed by atoms with E-state index in [4.69, 9.17) is 5.11 Å². The van der Waals surface area contributed by atoms with Crippen LogP contribution in [0.4, 0.5) is 5.69 Å². The Balaban J connectivity index is 2.16. The van der Waals surface area contributed by atoms with Crippen molar-refractivity contribution in [3.8, 4) is 0 Å². The Morgan fingerprint density at radius 2 is 1.50 bits per heavy atom. The number of aryl methyl sites for hydroxylation is 1. The van der Waals surface area contributed by atoms with E-state index in [1.807, 2.05) is 38.2 Å². The summed E-state index contributed by atoms with van der Waals surface area (Å²) in [4.78, 5) is 24.3. The molecule has 0 radical (unpaired) electrons. The zero-order valence-corrected chi connectivity index (χ0v) is 13.7. The van der Waals surface area contributed by atoms with Crippen molar-refractivity contribution in [1.82, 2.24) is 0 Å². The third-order valence-corrected chi connectivity index (χ3v) is 3.88. The van der Waals surface area contributed by atoms with Gasteiger partial charge in [-0.25, -0.2) is 0 Å². The number of carbonyl (C=O) groups is 2. The van der Waals surface area contributed by atoms with Gasteiger partial charge in [0.15, 0.2) is 0 Å². The summed E-state index contributed by atoms with van der Waals surface area (Å²) >= 11 is 0. The summed E-state index contributed by atoms with van der Waals surface area (Å²) in [6.45, 7) is 2.01. The summed E-state index contributed by atoms with van der Waals surface area (Å²) in [5.74, 6) is -0.565. The zero-order valence-electron chi connectivity index (χ0n) is 13.7. The standard InChI is InChI=1S/C18H27NO3/c1-15-11-9-10-12-16(15)19(2)17(20)13-7-5-3-4-6-8-14-18(21)22/h9-12H,3-8,13-14H2,1-2H3,(H,21,22). The van der Waals surface area contributed by atoms with Crippen LogP contribution in [0, 0.1) is 6.92 Å². The molecule has 0 atom stereocenters. The predicted octanol–water partition coefficient (Wildman–Crippen LogP) is 4.16. The maximum Gasteiger partial charge on any atom is 0.303 e. The number of nitrogens with zero attached hydrogens (tertiary/aromatic N) is 1. The molecule has 22 heavy (non-hydrogen) atoms. The van der Waals surface area contributed by atoms with Gasteiger partial charge in [0.05, 0.1) is 0 Å². The number of hydrogen-bond donors (Lipinski definition) is 1. The average Bonchev–Trinajstić information content (AvgIpc) is 2.49. The molecule has 0 spiro atoms. The number of carbonyl (C=O) groups excluding carboxylic acids is 1. The Morgan fingerprint density at radius 1 is 0.955 bits per heavy atom. The Morgan fingerprint density at radius 3 is 2.09 bits per heavy atom. The maximum absolute atomic E-state index is 12.2. The van der Waals surface area contributed by atoms with Crippen LogP contribution in [-0.4, -0.2) is 24.0 Å². The van der Waals surface area contributed by atoms with E-state index in [-0.39, 0.29) is 12.3 Å². The lowest BCUT2D eigenvalue weighted by Crippen LogP contribution is -2.26. The molecule has 122 valence electrons. The fraction of sp³-hybridized carbons (Fsp3) is 0.556. The quantitative estimate of drug-likeness (QED) is 0.660. The molecule has 0 aromatic heterocycles. The summed E-state index contributed by atoms with van der Waals surface area (Å²) in [5.41, 5.74) is 2.08. The molecule has 1 aromatic rings. The number of hydrogen-bond acceptors (Lipinski definition) is 2. The van der Waals surface area contributed by atoms with Crippen LogP contribution in [-0.2, 0) is 9.59 Å². The number of unbranched alkanes of at least 4 members (excludes halogenated alkanes) is 5. The van der Waals surface area contributed by atoms with Crippen LogP contribution in [0.25, 0.3) is 0 Å². The van der Waals surface area contributed by atoms with Gasteiger partial charge in [0.25, 0.3) is 0 Å². The lowest BCUT2D eigenvalue weighted by molar-refractivity contribution is -0.137. The number of para-hydroxylation sites is 1. The molecular formula is C18H27NO3. The fourth-order valence-corrected chi connectivity index (χ4v) is 2.50. The van der Waals surface area contributed by atoms with E-state index < -0.39 is 5.97 Å². The molecule has 4 heteroatoms. The highest BCUT2D eigenvalue weighted by molar-refractivity contribution is 5.93. The number of anilines is 1.